The van der Waals surface area contributed by atoms with Crippen LogP contribution in [0.3, 0.4) is 0 Å². The van der Waals surface area contributed by atoms with Gasteiger partial charge in [-0.15, -0.1) is 0 Å². The molecule has 5 heteroatoms. The van der Waals surface area contributed by atoms with Crippen molar-refractivity contribution in [2.75, 3.05) is 6.61 Å². The number of pyridine rings is 1. The van der Waals surface area contributed by atoms with Crippen molar-refractivity contribution in [3.05, 3.63) is 60.4 Å². The number of rotatable bonds is 5. The van der Waals surface area contributed by atoms with Crippen LogP contribution in [0.1, 0.15) is 17.4 Å². The second-order valence-corrected chi connectivity index (χ2v) is 4.99. The van der Waals surface area contributed by atoms with Crippen LogP contribution in [0.4, 0.5) is 0 Å². The van der Waals surface area contributed by atoms with Gasteiger partial charge in [0.2, 0.25) is 0 Å². The normalized spacial score (nSPS) is 10.7. The van der Waals surface area contributed by atoms with Gasteiger partial charge in [-0.3, -0.25) is 4.79 Å². The third-order valence-electron chi connectivity index (χ3n) is 3.57. The summed E-state index contributed by atoms with van der Waals surface area (Å²) in [4.78, 5) is 23.3. The van der Waals surface area contributed by atoms with Crippen molar-refractivity contribution in [1.29, 1.82) is 0 Å². The van der Waals surface area contributed by atoms with Crippen molar-refractivity contribution in [3.8, 4) is 16.9 Å². The van der Waals surface area contributed by atoms with Crippen molar-refractivity contribution in [3.63, 3.8) is 0 Å². The highest BCUT2D eigenvalue weighted by atomic mass is 16.5. The van der Waals surface area contributed by atoms with Gasteiger partial charge < -0.3 is 14.2 Å². The number of Topliss-reactive ketones (excluding diaryl/α,β-unsaturated/α-hetero) is 1. The zero-order valence-corrected chi connectivity index (χ0v) is 12.5. The van der Waals surface area contributed by atoms with Crippen molar-refractivity contribution >= 4 is 17.3 Å². The Balaban J connectivity index is 2.18. The van der Waals surface area contributed by atoms with Crippen molar-refractivity contribution in [1.82, 2.24) is 4.40 Å². The minimum Gasteiger partial charge on any atom is -0.494 e. The first-order valence-corrected chi connectivity index (χ1v) is 7.22. The number of hydrogen-bond acceptors (Lipinski definition) is 3. The first-order chi connectivity index (χ1) is 11.1. The van der Waals surface area contributed by atoms with Crippen LogP contribution < -0.4 is 4.74 Å². The molecular weight excluding hydrogens is 294 g/mol. The van der Waals surface area contributed by atoms with Gasteiger partial charge >= 0.3 is 5.97 Å². The number of carboxylic acids is 1. The lowest BCUT2D eigenvalue weighted by molar-refractivity contribution is -0.131. The van der Waals surface area contributed by atoms with E-state index in [1.807, 2.05) is 37.3 Å². The van der Waals surface area contributed by atoms with E-state index in [2.05, 4.69) is 0 Å². The Hall–Kier alpha value is -3.08. The van der Waals surface area contributed by atoms with Gasteiger partial charge in [-0.05, 0) is 42.8 Å². The molecule has 23 heavy (non-hydrogen) atoms. The molecule has 0 aliphatic carbocycles. The van der Waals surface area contributed by atoms with Gasteiger partial charge in [0.05, 0.1) is 6.61 Å². The van der Waals surface area contributed by atoms with E-state index in [1.54, 1.807) is 28.8 Å². The average molecular weight is 309 g/mol. The number of ketones is 1. The number of fused-ring (bicyclic) bond motifs is 1. The summed E-state index contributed by atoms with van der Waals surface area (Å²) in [6, 6.07) is 14.5. The minimum absolute atomic E-state index is 0.150. The molecule has 1 aromatic carbocycles. The van der Waals surface area contributed by atoms with E-state index in [-0.39, 0.29) is 5.69 Å². The molecule has 0 atom stereocenters. The van der Waals surface area contributed by atoms with Crippen LogP contribution in [0.25, 0.3) is 16.6 Å². The summed E-state index contributed by atoms with van der Waals surface area (Å²) in [7, 11) is 0. The van der Waals surface area contributed by atoms with E-state index in [1.165, 1.54) is 0 Å². The SMILES string of the molecule is CCOc1ccc(-c2cc3ccccn3c2C(=O)C(=O)O)cc1. The predicted molar refractivity (Wildman–Crippen MR) is 86.0 cm³/mol. The van der Waals surface area contributed by atoms with Gasteiger partial charge in [-0.2, -0.15) is 0 Å². The highest BCUT2D eigenvalue weighted by Gasteiger charge is 2.23. The Morgan fingerprint density at radius 2 is 1.87 bits per heavy atom. The Bertz CT molecular complexity index is 878. The summed E-state index contributed by atoms with van der Waals surface area (Å²) in [6.45, 7) is 2.47. The molecule has 0 radical (unpaired) electrons. The molecule has 0 unspecified atom stereocenters. The predicted octanol–water partition coefficient (Wildman–Crippen LogP) is 3.27. The molecule has 0 aliphatic rings. The van der Waals surface area contributed by atoms with Crippen LogP contribution in [-0.2, 0) is 4.79 Å². The highest BCUT2D eigenvalue weighted by molar-refractivity contribution is 6.40. The van der Waals surface area contributed by atoms with Crippen LogP contribution in [-0.4, -0.2) is 27.9 Å². The number of benzene rings is 1. The standard InChI is InChI=1S/C18H15NO4/c1-2-23-14-8-6-12(7-9-14)15-11-13-5-3-4-10-19(13)16(15)17(20)18(21)22/h3-11H,2H2,1H3,(H,21,22). The second-order valence-electron chi connectivity index (χ2n) is 4.99. The summed E-state index contributed by atoms with van der Waals surface area (Å²) in [5, 5.41) is 9.12. The summed E-state index contributed by atoms with van der Waals surface area (Å²) in [5.41, 5.74) is 2.27. The van der Waals surface area contributed by atoms with Crippen LogP contribution in [0.2, 0.25) is 0 Å². The van der Waals surface area contributed by atoms with E-state index >= 15 is 0 Å². The number of hydrogen-bond donors (Lipinski definition) is 1. The molecule has 0 saturated heterocycles. The molecule has 0 fully saturated rings. The lowest BCUT2D eigenvalue weighted by Crippen LogP contribution is -2.15. The lowest BCUT2D eigenvalue weighted by atomic mass is 10.0. The number of nitrogens with zero attached hydrogens (tertiary/aromatic N) is 1. The maximum atomic E-state index is 12.1. The molecule has 3 aromatic rings. The molecule has 3 rings (SSSR count). The van der Waals surface area contributed by atoms with Crippen LogP contribution >= 0.6 is 0 Å². The lowest BCUT2D eigenvalue weighted by Gasteiger charge is -2.06. The second kappa shape index (κ2) is 5.96. The van der Waals surface area contributed by atoms with Crippen LogP contribution in [0, 0.1) is 0 Å². The van der Waals surface area contributed by atoms with Gasteiger partial charge in [-0.25, -0.2) is 4.79 Å². The van der Waals surface area contributed by atoms with Crippen molar-refractivity contribution in [2.45, 2.75) is 6.92 Å². The van der Waals surface area contributed by atoms with Gasteiger partial charge in [0.15, 0.2) is 0 Å². The molecule has 5 nitrogen and oxygen atoms in total. The molecule has 1 N–H and O–H groups in total. The van der Waals surface area contributed by atoms with Crippen LogP contribution in [0.5, 0.6) is 5.75 Å². The minimum atomic E-state index is -1.47. The summed E-state index contributed by atoms with van der Waals surface area (Å²) < 4.78 is 7.00. The topological polar surface area (TPSA) is 68.0 Å². The Kier molecular flexibility index (Phi) is 3.85. The van der Waals surface area contributed by atoms with E-state index < -0.39 is 11.8 Å². The summed E-state index contributed by atoms with van der Waals surface area (Å²) in [6.07, 6.45) is 1.68. The van der Waals surface area contributed by atoms with Gasteiger partial charge in [0.25, 0.3) is 5.78 Å². The number of ether oxygens (including phenoxy) is 1. The number of carbonyl (C=O) groups is 2. The maximum absolute atomic E-state index is 12.1. The average Bonchev–Trinajstić information content (AvgIpc) is 2.94. The zero-order valence-electron chi connectivity index (χ0n) is 12.5. The van der Waals surface area contributed by atoms with Crippen LogP contribution in [0.15, 0.2) is 54.7 Å². The molecule has 0 bridgehead atoms. The first kappa shape index (κ1) is 14.8. The monoisotopic (exact) mass is 309 g/mol. The Morgan fingerprint density at radius 3 is 2.52 bits per heavy atom. The van der Waals surface area contributed by atoms with E-state index in [0.717, 1.165) is 16.8 Å². The molecular formula is C18H15NO4. The Morgan fingerprint density at radius 1 is 1.13 bits per heavy atom. The summed E-state index contributed by atoms with van der Waals surface area (Å²) >= 11 is 0. The first-order valence-electron chi connectivity index (χ1n) is 7.22. The molecule has 0 saturated carbocycles. The van der Waals surface area contributed by atoms with Gasteiger partial charge in [0.1, 0.15) is 11.4 Å². The third kappa shape index (κ3) is 2.68. The van der Waals surface area contributed by atoms with Gasteiger partial charge in [-0.1, -0.05) is 18.2 Å². The maximum Gasteiger partial charge on any atom is 0.378 e. The van der Waals surface area contributed by atoms with Gasteiger partial charge in [0, 0.05) is 17.3 Å². The molecule has 0 spiro atoms. The highest BCUT2D eigenvalue weighted by Crippen LogP contribution is 2.29. The summed E-state index contributed by atoms with van der Waals surface area (Å²) in [5.74, 6) is -1.67. The van der Waals surface area contributed by atoms with Crippen molar-refractivity contribution in [2.24, 2.45) is 0 Å². The fraction of sp³-hybridized carbons (Fsp3) is 0.111. The van der Waals surface area contributed by atoms with Crippen molar-refractivity contribution < 1.29 is 19.4 Å². The van der Waals surface area contributed by atoms with E-state index in [9.17, 15) is 9.59 Å². The fourth-order valence-electron chi connectivity index (χ4n) is 2.57. The molecule has 0 amide bonds. The fourth-order valence-corrected chi connectivity index (χ4v) is 2.57. The van der Waals surface area contributed by atoms with E-state index in [4.69, 9.17) is 9.84 Å². The zero-order chi connectivity index (χ0) is 16.4. The molecule has 116 valence electrons. The number of aromatic nitrogens is 1. The Labute approximate surface area is 132 Å². The number of carboxylic acid groups (broad SMARTS) is 1. The molecule has 2 heterocycles. The number of carbonyl (C=O) groups excluding carboxylic acids is 1. The number of aliphatic carboxylic acids is 1. The molecule has 2 aromatic heterocycles. The van der Waals surface area contributed by atoms with E-state index in [0.29, 0.717) is 12.2 Å². The largest absolute Gasteiger partial charge is 0.494 e. The quantitative estimate of drug-likeness (QED) is 0.580. The third-order valence-corrected chi connectivity index (χ3v) is 3.57. The molecule has 0 aliphatic heterocycles. The smallest absolute Gasteiger partial charge is 0.378 e.